The third kappa shape index (κ3) is 4.66. The summed E-state index contributed by atoms with van der Waals surface area (Å²) >= 11 is 0. The van der Waals surface area contributed by atoms with Gasteiger partial charge in [0, 0.05) is 37.9 Å². The maximum Gasteiger partial charge on any atom is 0.257 e. The third-order valence-electron chi connectivity index (χ3n) is 4.19. The van der Waals surface area contributed by atoms with Crippen molar-refractivity contribution in [2.45, 2.75) is 13.3 Å². The molecule has 0 aliphatic rings. The molecule has 1 aromatic carbocycles. The Hall–Kier alpha value is -3.21. The first-order valence-electron chi connectivity index (χ1n) is 8.55. The van der Waals surface area contributed by atoms with Crippen molar-refractivity contribution in [2.75, 3.05) is 23.8 Å². The zero-order valence-corrected chi connectivity index (χ0v) is 15.0. The Kier molecular flexibility index (Phi) is 5.59. The lowest BCUT2D eigenvalue weighted by molar-refractivity contribution is 0.102. The number of nitrogens with zero attached hydrogens (tertiary/aromatic N) is 3. The number of rotatable bonds is 6. The van der Waals surface area contributed by atoms with Crippen LogP contribution >= 0.6 is 0 Å². The first-order chi connectivity index (χ1) is 12.6. The van der Waals surface area contributed by atoms with E-state index in [2.05, 4.69) is 20.2 Å². The topological polar surface area (TPSA) is 58.1 Å². The Morgan fingerprint density at radius 2 is 1.88 bits per heavy atom. The number of amides is 1. The van der Waals surface area contributed by atoms with E-state index in [1.54, 1.807) is 24.8 Å². The molecule has 0 fully saturated rings. The van der Waals surface area contributed by atoms with E-state index in [1.807, 2.05) is 56.4 Å². The third-order valence-corrected chi connectivity index (χ3v) is 4.19. The number of anilines is 2. The van der Waals surface area contributed by atoms with Crippen molar-refractivity contribution in [3.63, 3.8) is 0 Å². The van der Waals surface area contributed by atoms with E-state index in [-0.39, 0.29) is 5.91 Å². The van der Waals surface area contributed by atoms with E-state index in [4.69, 9.17) is 0 Å². The van der Waals surface area contributed by atoms with E-state index in [0.29, 0.717) is 5.56 Å². The SMILES string of the molecule is Cc1cccc(NC(=O)c2cncc(N(C)CCc3ccncc3)c2)c1. The molecule has 26 heavy (non-hydrogen) atoms. The molecule has 5 nitrogen and oxygen atoms in total. The van der Waals surface area contributed by atoms with Gasteiger partial charge in [0.05, 0.1) is 17.4 Å². The van der Waals surface area contributed by atoms with E-state index >= 15 is 0 Å². The van der Waals surface area contributed by atoms with Crippen LogP contribution in [0.2, 0.25) is 0 Å². The summed E-state index contributed by atoms with van der Waals surface area (Å²) in [6.45, 7) is 2.82. The lowest BCUT2D eigenvalue weighted by Gasteiger charge is -2.19. The van der Waals surface area contributed by atoms with Gasteiger partial charge in [-0.2, -0.15) is 0 Å². The van der Waals surface area contributed by atoms with Crippen molar-refractivity contribution in [3.8, 4) is 0 Å². The maximum absolute atomic E-state index is 12.5. The molecule has 0 saturated heterocycles. The van der Waals surface area contributed by atoms with Crippen LogP contribution in [0.4, 0.5) is 11.4 Å². The first kappa shape index (κ1) is 17.6. The quantitative estimate of drug-likeness (QED) is 0.739. The van der Waals surface area contributed by atoms with Gasteiger partial charge >= 0.3 is 0 Å². The number of benzene rings is 1. The zero-order chi connectivity index (χ0) is 18.4. The molecule has 2 aromatic heterocycles. The van der Waals surface area contributed by atoms with Crippen LogP contribution in [0.25, 0.3) is 0 Å². The van der Waals surface area contributed by atoms with E-state index in [1.165, 1.54) is 5.56 Å². The van der Waals surface area contributed by atoms with Gasteiger partial charge in [0.2, 0.25) is 0 Å². The van der Waals surface area contributed by atoms with Crippen molar-refractivity contribution < 1.29 is 4.79 Å². The number of carbonyl (C=O) groups excluding carboxylic acids is 1. The fraction of sp³-hybridized carbons (Fsp3) is 0.190. The van der Waals surface area contributed by atoms with Gasteiger partial charge in [-0.25, -0.2) is 0 Å². The predicted octanol–water partition coefficient (Wildman–Crippen LogP) is 3.72. The fourth-order valence-corrected chi connectivity index (χ4v) is 2.66. The second kappa shape index (κ2) is 8.25. The summed E-state index contributed by atoms with van der Waals surface area (Å²) in [5.41, 5.74) is 4.57. The second-order valence-corrected chi connectivity index (χ2v) is 6.28. The molecule has 0 spiro atoms. The number of likely N-dealkylation sites (N-methyl/N-ethyl adjacent to an activating group) is 1. The van der Waals surface area contributed by atoms with Crippen LogP contribution in [-0.2, 0) is 6.42 Å². The van der Waals surface area contributed by atoms with Gasteiger partial charge in [-0.3, -0.25) is 14.8 Å². The highest BCUT2D eigenvalue weighted by Crippen LogP contribution is 2.16. The zero-order valence-electron chi connectivity index (χ0n) is 15.0. The number of aryl methyl sites for hydroxylation is 1. The Labute approximate surface area is 153 Å². The van der Waals surface area contributed by atoms with Gasteiger partial charge in [-0.1, -0.05) is 12.1 Å². The van der Waals surface area contributed by atoms with E-state index in [9.17, 15) is 4.79 Å². The smallest absolute Gasteiger partial charge is 0.257 e. The molecule has 0 bridgehead atoms. The highest BCUT2D eigenvalue weighted by molar-refractivity contribution is 6.04. The van der Waals surface area contributed by atoms with Gasteiger partial charge in [-0.05, 0) is 54.8 Å². The molecule has 0 atom stereocenters. The maximum atomic E-state index is 12.5. The van der Waals surface area contributed by atoms with Crippen LogP contribution < -0.4 is 10.2 Å². The summed E-state index contributed by atoms with van der Waals surface area (Å²) in [5, 5.41) is 2.92. The Morgan fingerprint density at radius 3 is 2.65 bits per heavy atom. The van der Waals surface area contributed by atoms with E-state index < -0.39 is 0 Å². The Morgan fingerprint density at radius 1 is 1.08 bits per heavy atom. The molecule has 2 heterocycles. The number of aromatic nitrogens is 2. The second-order valence-electron chi connectivity index (χ2n) is 6.28. The molecule has 132 valence electrons. The molecule has 0 aliphatic heterocycles. The van der Waals surface area contributed by atoms with Crippen LogP contribution in [0.1, 0.15) is 21.5 Å². The van der Waals surface area contributed by atoms with Crippen molar-refractivity contribution in [1.82, 2.24) is 9.97 Å². The highest BCUT2D eigenvalue weighted by atomic mass is 16.1. The molecule has 0 unspecified atom stereocenters. The summed E-state index contributed by atoms with van der Waals surface area (Å²) in [7, 11) is 2.00. The molecule has 0 saturated carbocycles. The van der Waals surface area contributed by atoms with Gasteiger partial charge in [0.15, 0.2) is 0 Å². The molecule has 1 N–H and O–H groups in total. The summed E-state index contributed by atoms with van der Waals surface area (Å²) in [6, 6.07) is 13.6. The first-order valence-corrected chi connectivity index (χ1v) is 8.55. The monoisotopic (exact) mass is 346 g/mol. The normalized spacial score (nSPS) is 10.4. The largest absolute Gasteiger partial charge is 0.373 e. The number of carbonyl (C=O) groups is 1. The van der Waals surface area contributed by atoms with E-state index in [0.717, 1.165) is 29.9 Å². The van der Waals surface area contributed by atoms with Crippen molar-refractivity contribution >= 4 is 17.3 Å². The minimum atomic E-state index is -0.160. The van der Waals surface area contributed by atoms with Gasteiger partial charge in [0.25, 0.3) is 5.91 Å². The van der Waals surface area contributed by atoms with Crippen LogP contribution in [-0.4, -0.2) is 29.5 Å². The van der Waals surface area contributed by atoms with Gasteiger partial charge in [0.1, 0.15) is 0 Å². The van der Waals surface area contributed by atoms with Crippen LogP contribution in [0, 0.1) is 6.92 Å². The standard InChI is InChI=1S/C21H22N4O/c1-16-4-3-5-19(12-16)24-21(26)18-13-20(15-23-14-18)25(2)11-8-17-6-9-22-10-7-17/h3-7,9-10,12-15H,8,11H2,1-2H3,(H,24,26). The fourth-order valence-electron chi connectivity index (χ4n) is 2.66. The molecule has 0 radical (unpaired) electrons. The number of pyridine rings is 2. The molecule has 3 rings (SSSR count). The Bertz CT molecular complexity index is 880. The number of hydrogen-bond acceptors (Lipinski definition) is 4. The number of hydrogen-bond donors (Lipinski definition) is 1. The summed E-state index contributed by atoms with van der Waals surface area (Å²) in [5.74, 6) is -0.160. The van der Waals surface area contributed by atoms with Crippen LogP contribution in [0.15, 0.2) is 67.3 Å². The molecular weight excluding hydrogens is 324 g/mol. The number of nitrogens with one attached hydrogen (secondary N) is 1. The average molecular weight is 346 g/mol. The van der Waals surface area contributed by atoms with Gasteiger partial charge in [-0.15, -0.1) is 0 Å². The average Bonchev–Trinajstić information content (AvgIpc) is 2.67. The predicted molar refractivity (Wildman–Crippen MR) is 105 cm³/mol. The molecule has 3 aromatic rings. The molecule has 5 heteroatoms. The molecular formula is C21H22N4O. The van der Waals surface area contributed by atoms with Crippen LogP contribution in [0.3, 0.4) is 0 Å². The lowest BCUT2D eigenvalue weighted by Crippen LogP contribution is -2.21. The summed E-state index contributed by atoms with van der Waals surface area (Å²) < 4.78 is 0. The van der Waals surface area contributed by atoms with Gasteiger partial charge < -0.3 is 10.2 Å². The van der Waals surface area contributed by atoms with Crippen LogP contribution in [0.5, 0.6) is 0 Å². The van der Waals surface area contributed by atoms with Crippen molar-refractivity contribution in [1.29, 1.82) is 0 Å². The molecule has 1 amide bonds. The Balaban J connectivity index is 1.66. The summed E-state index contributed by atoms with van der Waals surface area (Å²) in [4.78, 5) is 22.9. The van der Waals surface area contributed by atoms with Crippen molar-refractivity contribution in [3.05, 3.63) is 83.9 Å². The minimum Gasteiger partial charge on any atom is -0.373 e. The highest BCUT2D eigenvalue weighted by Gasteiger charge is 2.10. The summed E-state index contributed by atoms with van der Waals surface area (Å²) in [6.07, 6.45) is 7.86. The molecule has 0 aliphatic carbocycles. The lowest BCUT2D eigenvalue weighted by atomic mass is 10.2. The van der Waals surface area contributed by atoms with Crippen molar-refractivity contribution in [2.24, 2.45) is 0 Å². The minimum absolute atomic E-state index is 0.160.